The van der Waals surface area contributed by atoms with E-state index in [1.165, 1.54) is 12.4 Å². The maximum atomic E-state index is 11.6. The van der Waals surface area contributed by atoms with Crippen LogP contribution in [0.25, 0.3) is 0 Å². The lowest BCUT2D eigenvalue weighted by Crippen LogP contribution is -2.17. The smallest absolute Gasteiger partial charge is 0.240 e. The molecule has 0 radical (unpaired) electrons. The number of furan rings is 2. The van der Waals surface area contributed by atoms with Crippen molar-refractivity contribution in [2.24, 2.45) is 10.2 Å². The molecule has 0 bridgehead atoms. The summed E-state index contributed by atoms with van der Waals surface area (Å²) in [5.41, 5.74) is 4.93. The van der Waals surface area contributed by atoms with Crippen molar-refractivity contribution in [3.63, 3.8) is 0 Å². The molecule has 0 atom stereocenters. The SMILES string of the molecule is O=C(CCCCCCCC(=O)N/N=C\c1ccco1)N/N=C\c1ccco1. The van der Waals surface area contributed by atoms with Crippen LogP contribution >= 0.6 is 0 Å². The lowest BCUT2D eigenvalue weighted by atomic mass is 10.1. The van der Waals surface area contributed by atoms with Crippen molar-refractivity contribution in [1.29, 1.82) is 0 Å². The number of carbonyl (C=O) groups excluding carboxylic acids is 2. The summed E-state index contributed by atoms with van der Waals surface area (Å²) in [6.07, 6.45) is 11.3. The van der Waals surface area contributed by atoms with Crippen molar-refractivity contribution in [1.82, 2.24) is 10.9 Å². The normalized spacial score (nSPS) is 11.3. The van der Waals surface area contributed by atoms with Crippen LogP contribution in [0.4, 0.5) is 0 Å². The summed E-state index contributed by atoms with van der Waals surface area (Å²) in [6, 6.07) is 7.00. The molecule has 2 aromatic rings. The largest absolute Gasteiger partial charge is 0.463 e. The Hall–Kier alpha value is -3.16. The van der Waals surface area contributed by atoms with Gasteiger partial charge in [-0.2, -0.15) is 10.2 Å². The van der Waals surface area contributed by atoms with Gasteiger partial charge in [0.2, 0.25) is 11.8 Å². The second kappa shape index (κ2) is 12.2. The Balaban J connectivity index is 1.41. The molecular formula is C19H24N4O4. The number of hydrogen-bond acceptors (Lipinski definition) is 6. The van der Waals surface area contributed by atoms with Gasteiger partial charge < -0.3 is 8.83 Å². The lowest BCUT2D eigenvalue weighted by molar-refractivity contribution is -0.121. The van der Waals surface area contributed by atoms with Crippen molar-refractivity contribution >= 4 is 24.2 Å². The van der Waals surface area contributed by atoms with Gasteiger partial charge in [-0.15, -0.1) is 0 Å². The molecule has 0 aromatic carbocycles. The number of hydrogen-bond donors (Lipinski definition) is 2. The maximum absolute atomic E-state index is 11.6. The maximum Gasteiger partial charge on any atom is 0.240 e. The van der Waals surface area contributed by atoms with Crippen LogP contribution in [0, 0.1) is 0 Å². The molecule has 144 valence electrons. The van der Waals surface area contributed by atoms with Crippen LogP contribution in [0.15, 0.2) is 55.8 Å². The third kappa shape index (κ3) is 9.20. The van der Waals surface area contributed by atoms with E-state index in [0.717, 1.165) is 32.1 Å². The van der Waals surface area contributed by atoms with E-state index >= 15 is 0 Å². The van der Waals surface area contributed by atoms with E-state index in [-0.39, 0.29) is 11.8 Å². The highest BCUT2D eigenvalue weighted by atomic mass is 16.3. The molecule has 2 amide bonds. The van der Waals surface area contributed by atoms with E-state index in [1.54, 1.807) is 36.8 Å². The number of hydrazone groups is 2. The first-order valence-corrected chi connectivity index (χ1v) is 8.95. The molecule has 27 heavy (non-hydrogen) atoms. The number of unbranched alkanes of at least 4 members (excludes halogenated alkanes) is 4. The topological polar surface area (TPSA) is 109 Å². The van der Waals surface area contributed by atoms with Gasteiger partial charge in [-0.05, 0) is 37.1 Å². The first-order chi connectivity index (χ1) is 13.2. The minimum absolute atomic E-state index is 0.119. The van der Waals surface area contributed by atoms with Gasteiger partial charge in [-0.1, -0.05) is 19.3 Å². The van der Waals surface area contributed by atoms with Gasteiger partial charge in [-0.25, -0.2) is 10.9 Å². The fourth-order valence-corrected chi connectivity index (χ4v) is 2.28. The summed E-state index contributed by atoms with van der Waals surface area (Å²) in [6.45, 7) is 0. The summed E-state index contributed by atoms with van der Waals surface area (Å²) in [7, 11) is 0. The zero-order valence-corrected chi connectivity index (χ0v) is 15.1. The van der Waals surface area contributed by atoms with E-state index in [2.05, 4.69) is 21.1 Å². The quantitative estimate of drug-likeness (QED) is 0.339. The Morgan fingerprint density at radius 3 is 1.63 bits per heavy atom. The number of carbonyl (C=O) groups is 2. The van der Waals surface area contributed by atoms with Crippen LogP contribution in [0.5, 0.6) is 0 Å². The number of nitrogens with one attached hydrogen (secondary N) is 2. The van der Waals surface area contributed by atoms with Crippen molar-refractivity contribution in [2.75, 3.05) is 0 Å². The Labute approximate surface area is 157 Å². The zero-order valence-electron chi connectivity index (χ0n) is 15.1. The van der Waals surface area contributed by atoms with Crippen LogP contribution < -0.4 is 10.9 Å². The Morgan fingerprint density at radius 2 is 1.22 bits per heavy atom. The molecule has 0 fully saturated rings. The molecule has 2 aromatic heterocycles. The number of rotatable bonds is 12. The third-order valence-electron chi connectivity index (χ3n) is 3.66. The van der Waals surface area contributed by atoms with E-state index < -0.39 is 0 Å². The van der Waals surface area contributed by atoms with E-state index in [4.69, 9.17) is 8.83 Å². The van der Waals surface area contributed by atoms with Crippen molar-refractivity contribution in [3.8, 4) is 0 Å². The molecule has 2 N–H and O–H groups in total. The highest BCUT2D eigenvalue weighted by molar-refractivity contribution is 5.80. The van der Waals surface area contributed by atoms with Crippen molar-refractivity contribution in [3.05, 3.63) is 48.3 Å². The van der Waals surface area contributed by atoms with E-state index in [9.17, 15) is 9.59 Å². The Kier molecular flexibility index (Phi) is 9.13. The van der Waals surface area contributed by atoms with Gasteiger partial charge in [0.15, 0.2) is 0 Å². The average Bonchev–Trinajstić information content (AvgIpc) is 3.35. The van der Waals surface area contributed by atoms with Crippen molar-refractivity contribution in [2.45, 2.75) is 44.9 Å². The van der Waals surface area contributed by atoms with Gasteiger partial charge in [0.05, 0.1) is 25.0 Å². The van der Waals surface area contributed by atoms with E-state index in [0.29, 0.717) is 24.4 Å². The number of nitrogens with zero attached hydrogens (tertiary/aromatic N) is 2. The lowest BCUT2D eigenvalue weighted by Gasteiger charge is -2.02. The highest BCUT2D eigenvalue weighted by Crippen LogP contribution is 2.07. The predicted molar refractivity (Wildman–Crippen MR) is 101 cm³/mol. The summed E-state index contributed by atoms with van der Waals surface area (Å²) >= 11 is 0. The molecule has 0 unspecified atom stereocenters. The fraction of sp³-hybridized carbons (Fsp3) is 0.368. The molecular weight excluding hydrogens is 348 g/mol. The van der Waals surface area contributed by atoms with Crippen LogP contribution in [0.2, 0.25) is 0 Å². The van der Waals surface area contributed by atoms with Crippen LogP contribution in [0.1, 0.15) is 56.5 Å². The standard InChI is InChI=1S/C19H24N4O4/c24-18(22-20-14-16-8-6-12-26-16)10-4-2-1-3-5-11-19(25)23-21-15-17-9-7-13-27-17/h6-9,12-15H,1-5,10-11H2,(H,22,24)(H,23,25)/b20-14-,21-15-. The van der Waals surface area contributed by atoms with Gasteiger partial charge in [0, 0.05) is 12.8 Å². The molecule has 0 spiro atoms. The minimum atomic E-state index is -0.119. The fourth-order valence-electron chi connectivity index (χ4n) is 2.28. The Bertz CT molecular complexity index is 659. The van der Waals surface area contributed by atoms with Gasteiger partial charge in [0.25, 0.3) is 0 Å². The van der Waals surface area contributed by atoms with Crippen LogP contribution in [-0.2, 0) is 9.59 Å². The molecule has 8 heteroatoms. The highest BCUT2D eigenvalue weighted by Gasteiger charge is 2.02. The van der Waals surface area contributed by atoms with Crippen LogP contribution in [-0.4, -0.2) is 24.2 Å². The summed E-state index contributed by atoms with van der Waals surface area (Å²) in [4.78, 5) is 23.2. The summed E-state index contributed by atoms with van der Waals surface area (Å²) < 4.78 is 10.1. The third-order valence-corrected chi connectivity index (χ3v) is 3.66. The number of amides is 2. The Morgan fingerprint density at radius 1 is 0.778 bits per heavy atom. The minimum Gasteiger partial charge on any atom is -0.463 e. The molecule has 2 rings (SSSR count). The molecule has 0 saturated carbocycles. The first kappa shape index (κ1) is 20.2. The molecule has 2 heterocycles. The summed E-state index contributed by atoms with van der Waals surface area (Å²) in [5, 5.41) is 7.64. The van der Waals surface area contributed by atoms with Gasteiger partial charge >= 0.3 is 0 Å². The second-order valence-electron chi connectivity index (χ2n) is 5.88. The van der Waals surface area contributed by atoms with Crippen LogP contribution in [0.3, 0.4) is 0 Å². The van der Waals surface area contributed by atoms with E-state index in [1.807, 2.05) is 0 Å². The molecule has 0 saturated heterocycles. The monoisotopic (exact) mass is 372 g/mol. The van der Waals surface area contributed by atoms with Crippen molar-refractivity contribution < 1.29 is 18.4 Å². The first-order valence-electron chi connectivity index (χ1n) is 8.95. The second-order valence-corrected chi connectivity index (χ2v) is 5.88. The zero-order chi connectivity index (χ0) is 19.2. The predicted octanol–water partition coefficient (Wildman–Crippen LogP) is 3.20. The molecule has 0 aliphatic heterocycles. The molecule has 0 aliphatic rings. The van der Waals surface area contributed by atoms with Gasteiger partial charge in [0.1, 0.15) is 11.5 Å². The average molecular weight is 372 g/mol. The summed E-state index contributed by atoms with van der Waals surface area (Å²) in [5.74, 6) is 0.940. The molecule has 0 aliphatic carbocycles. The molecule has 8 nitrogen and oxygen atoms in total. The van der Waals surface area contributed by atoms with Gasteiger partial charge in [-0.3, -0.25) is 9.59 Å².